The number of nitrogens with zero attached hydrogens (tertiary/aromatic N) is 1. The predicted molar refractivity (Wildman–Crippen MR) is 85.8 cm³/mol. The van der Waals surface area contributed by atoms with E-state index >= 15 is 0 Å². The van der Waals surface area contributed by atoms with E-state index in [9.17, 15) is 4.79 Å². The molecule has 20 heavy (non-hydrogen) atoms. The van der Waals surface area contributed by atoms with Crippen LogP contribution >= 0.6 is 27.5 Å². The van der Waals surface area contributed by atoms with Crippen molar-refractivity contribution in [2.45, 2.75) is 6.54 Å². The van der Waals surface area contributed by atoms with Crippen LogP contribution in [-0.2, 0) is 6.54 Å². The van der Waals surface area contributed by atoms with Crippen LogP contribution in [0.15, 0.2) is 46.9 Å². The number of nitrogens with two attached hydrogens (primary N) is 1. The normalized spacial score (nSPS) is 10.3. The van der Waals surface area contributed by atoms with E-state index in [0.29, 0.717) is 22.8 Å². The summed E-state index contributed by atoms with van der Waals surface area (Å²) in [6.45, 7) is 0.526. The van der Waals surface area contributed by atoms with Gasteiger partial charge in [0.1, 0.15) is 0 Å². The monoisotopic (exact) mass is 352 g/mol. The minimum atomic E-state index is -0.109. The first-order chi connectivity index (χ1) is 9.45. The van der Waals surface area contributed by atoms with Gasteiger partial charge in [-0.2, -0.15) is 0 Å². The van der Waals surface area contributed by atoms with Gasteiger partial charge in [0.2, 0.25) is 0 Å². The van der Waals surface area contributed by atoms with Crippen LogP contribution in [0.25, 0.3) is 0 Å². The molecule has 0 atom stereocenters. The van der Waals surface area contributed by atoms with Crippen molar-refractivity contribution in [3.05, 3.63) is 63.1 Å². The van der Waals surface area contributed by atoms with Gasteiger partial charge in [-0.05, 0) is 35.9 Å². The smallest absolute Gasteiger partial charge is 0.254 e. The number of hydrogen-bond acceptors (Lipinski definition) is 2. The number of carbonyl (C=O) groups excluding carboxylic acids is 1. The largest absolute Gasteiger partial charge is 0.399 e. The lowest BCUT2D eigenvalue weighted by Gasteiger charge is -2.18. The third-order valence-corrected chi connectivity index (χ3v) is 3.59. The average molecular weight is 354 g/mol. The number of anilines is 1. The maximum Gasteiger partial charge on any atom is 0.254 e. The summed E-state index contributed by atoms with van der Waals surface area (Å²) in [4.78, 5) is 14.0. The van der Waals surface area contributed by atoms with E-state index in [1.165, 1.54) is 0 Å². The topological polar surface area (TPSA) is 46.3 Å². The SMILES string of the molecule is CN(Cc1ccc(Br)cc1)C(=O)c1cc(N)cc(Cl)c1. The molecule has 0 aromatic heterocycles. The number of nitrogen functional groups attached to an aromatic ring is 1. The molecule has 0 aliphatic heterocycles. The predicted octanol–water partition coefficient (Wildman–Crippen LogP) is 3.96. The van der Waals surface area contributed by atoms with Crippen molar-refractivity contribution in [1.29, 1.82) is 0 Å². The Morgan fingerprint density at radius 2 is 1.90 bits per heavy atom. The Kier molecular flexibility index (Phi) is 4.68. The zero-order chi connectivity index (χ0) is 14.7. The fourth-order valence-electron chi connectivity index (χ4n) is 1.89. The molecule has 5 heteroatoms. The molecule has 1 amide bonds. The molecule has 0 fully saturated rings. The van der Waals surface area contributed by atoms with Crippen LogP contribution in [0.5, 0.6) is 0 Å². The molecule has 0 heterocycles. The molecule has 0 aliphatic carbocycles. The fourth-order valence-corrected chi connectivity index (χ4v) is 2.40. The average Bonchev–Trinajstić information content (AvgIpc) is 2.39. The minimum Gasteiger partial charge on any atom is -0.399 e. The van der Waals surface area contributed by atoms with Gasteiger partial charge in [-0.15, -0.1) is 0 Å². The minimum absolute atomic E-state index is 0.109. The summed E-state index contributed by atoms with van der Waals surface area (Å²) in [5.41, 5.74) is 7.74. The van der Waals surface area contributed by atoms with Crippen molar-refractivity contribution in [3.63, 3.8) is 0 Å². The van der Waals surface area contributed by atoms with Crippen molar-refractivity contribution in [2.24, 2.45) is 0 Å². The summed E-state index contributed by atoms with van der Waals surface area (Å²) >= 11 is 9.30. The van der Waals surface area contributed by atoms with E-state index in [4.69, 9.17) is 17.3 Å². The van der Waals surface area contributed by atoms with E-state index in [1.54, 1.807) is 30.1 Å². The van der Waals surface area contributed by atoms with Crippen LogP contribution in [0.1, 0.15) is 15.9 Å². The maximum absolute atomic E-state index is 12.3. The molecule has 0 spiro atoms. The molecular formula is C15H14BrClN2O. The van der Waals surface area contributed by atoms with Gasteiger partial charge in [0.25, 0.3) is 5.91 Å². The summed E-state index contributed by atoms with van der Waals surface area (Å²) in [6.07, 6.45) is 0. The lowest BCUT2D eigenvalue weighted by Crippen LogP contribution is -2.26. The van der Waals surface area contributed by atoms with Crippen molar-refractivity contribution in [3.8, 4) is 0 Å². The van der Waals surface area contributed by atoms with E-state index < -0.39 is 0 Å². The van der Waals surface area contributed by atoms with Crippen LogP contribution in [0, 0.1) is 0 Å². The number of amides is 1. The summed E-state index contributed by atoms with van der Waals surface area (Å²) in [5.74, 6) is -0.109. The van der Waals surface area contributed by atoms with Gasteiger partial charge in [-0.3, -0.25) is 4.79 Å². The van der Waals surface area contributed by atoms with Crippen LogP contribution in [-0.4, -0.2) is 17.9 Å². The van der Waals surface area contributed by atoms with E-state index in [2.05, 4.69) is 15.9 Å². The molecule has 2 rings (SSSR count). The first kappa shape index (κ1) is 14.9. The molecule has 2 aromatic rings. The number of hydrogen-bond donors (Lipinski definition) is 1. The van der Waals surface area contributed by atoms with Crippen molar-refractivity contribution in [2.75, 3.05) is 12.8 Å². The van der Waals surface area contributed by atoms with Gasteiger partial charge in [-0.1, -0.05) is 39.7 Å². The second-order valence-corrected chi connectivity index (χ2v) is 5.91. The van der Waals surface area contributed by atoms with Gasteiger partial charge in [0.15, 0.2) is 0 Å². The Morgan fingerprint density at radius 1 is 1.25 bits per heavy atom. The first-order valence-corrected chi connectivity index (χ1v) is 7.19. The van der Waals surface area contributed by atoms with E-state index in [-0.39, 0.29) is 5.91 Å². The Labute approximate surface area is 131 Å². The van der Waals surface area contributed by atoms with Crippen LogP contribution in [0.3, 0.4) is 0 Å². The summed E-state index contributed by atoms with van der Waals surface area (Å²) < 4.78 is 1.01. The number of halogens is 2. The summed E-state index contributed by atoms with van der Waals surface area (Å²) in [7, 11) is 1.75. The second kappa shape index (κ2) is 6.29. The highest BCUT2D eigenvalue weighted by atomic mass is 79.9. The molecule has 0 radical (unpaired) electrons. The molecule has 0 saturated heterocycles. The van der Waals surface area contributed by atoms with Gasteiger partial charge in [0.05, 0.1) is 0 Å². The van der Waals surface area contributed by atoms with Crippen LogP contribution in [0.2, 0.25) is 5.02 Å². The number of carbonyl (C=O) groups is 1. The highest BCUT2D eigenvalue weighted by Crippen LogP contribution is 2.19. The Balaban J connectivity index is 2.14. The van der Waals surface area contributed by atoms with Crippen molar-refractivity contribution < 1.29 is 4.79 Å². The first-order valence-electron chi connectivity index (χ1n) is 6.01. The lowest BCUT2D eigenvalue weighted by atomic mass is 10.1. The molecule has 0 bridgehead atoms. The Bertz CT molecular complexity index is 608. The summed E-state index contributed by atoms with van der Waals surface area (Å²) in [6, 6.07) is 12.7. The maximum atomic E-state index is 12.3. The highest BCUT2D eigenvalue weighted by molar-refractivity contribution is 9.10. The zero-order valence-electron chi connectivity index (χ0n) is 10.9. The second-order valence-electron chi connectivity index (χ2n) is 4.56. The Hall–Kier alpha value is -1.52. The van der Waals surface area contributed by atoms with Gasteiger partial charge >= 0.3 is 0 Å². The van der Waals surface area contributed by atoms with E-state index in [0.717, 1.165) is 10.0 Å². The molecule has 0 aliphatic rings. The van der Waals surface area contributed by atoms with Crippen LogP contribution in [0.4, 0.5) is 5.69 Å². The molecular weight excluding hydrogens is 340 g/mol. The quantitative estimate of drug-likeness (QED) is 0.849. The molecule has 2 N–H and O–H groups in total. The standard InChI is InChI=1S/C15H14BrClN2O/c1-19(9-10-2-4-12(16)5-3-10)15(20)11-6-13(17)8-14(18)7-11/h2-8H,9,18H2,1H3. The lowest BCUT2D eigenvalue weighted by molar-refractivity contribution is 0.0785. The van der Waals surface area contributed by atoms with Gasteiger partial charge in [0, 0.05) is 34.3 Å². The van der Waals surface area contributed by atoms with Gasteiger partial charge in [-0.25, -0.2) is 0 Å². The molecule has 0 unspecified atom stereocenters. The zero-order valence-corrected chi connectivity index (χ0v) is 13.3. The molecule has 3 nitrogen and oxygen atoms in total. The van der Waals surface area contributed by atoms with Gasteiger partial charge < -0.3 is 10.6 Å². The fraction of sp³-hybridized carbons (Fsp3) is 0.133. The molecule has 0 saturated carbocycles. The molecule has 2 aromatic carbocycles. The van der Waals surface area contributed by atoms with Crippen molar-refractivity contribution in [1.82, 2.24) is 4.90 Å². The van der Waals surface area contributed by atoms with E-state index in [1.807, 2.05) is 24.3 Å². The van der Waals surface area contributed by atoms with Crippen LogP contribution < -0.4 is 5.73 Å². The number of benzene rings is 2. The third kappa shape index (κ3) is 3.74. The third-order valence-electron chi connectivity index (χ3n) is 2.85. The highest BCUT2D eigenvalue weighted by Gasteiger charge is 2.13. The summed E-state index contributed by atoms with van der Waals surface area (Å²) in [5, 5.41) is 0.463. The van der Waals surface area contributed by atoms with Crippen molar-refractivity contribution >= 4 is 39.1 Å². The molecule has 104 valence electrons. The number of rotatable bonds is 3. The Morgan fingerprint density at radius 3 is 2.50 bits per heavy atom.